The number of hydrogen-bond acceptors (Lipinski definition) is 6. The number of ether oxygens (including phenoxy) is 2. The highest BCUT2D eigenvalue weighted by atomic mass is 16.5. The van der Waals surface area contributed by atoms with Gasteiger partial charge in [-0.2, -0.15) is 0 Å². The normalized spacial score (nSPS) is 16.9. The predicted molar refractivity (Wildman–Crippen MR) is 142 cm³/mol. The number of carbonyl (C=O) groups excluding carboxylic acids is 2. The SMILES string of the molecule is CCOc1ccccc1C1/C(=C(\O)c2ccc(OCc3ccccc3)cc2)C(=O)C(=O)N1CCN(C)C. The monoisotopic (exact) mass is 500 g/mol. The lowest BCUT2D eigenvalue weighted by Gasteiger charge is -2.27. The molecule has 1 heterocycles. The van der Waals surface area contributed by atoms with Crippen molar-refractivity contribution in [3.05, 3.63) is 101 Å². The van der Waals surface area contributed by atoms with Crippen LogP contribution in [0.5, 0.6) is 11.5 Å². The van der Waals surface area contributed by atoms with E-state index in [-0.39, 0.29) is 11.3 Å². The number of aliphatic hydroxyl groups is 1. The first-order valence-electron chi connectivity index (χ1n) is 12.3. The van der Waals surface area contributed by atoms with Crippen LogP contribution in [0.15, 0.2) is 84.4 Å². The molecule has 0 radical (unpaired) electrons. The quantitative estimate of drug-likeness (QED) is 0.248. The lowest BCUT2D eigenvalue weighted by molar-refractivity contribution is -0.140. The molecule has 0 aromatic heterocycles. The Balaban J connectivity index is 1.69. The third-order valence-electron chi connectivity index (χ3n) is 6.22. The minimum atomic E-state index is -0.767. The number of amides is 1. The number of likely N-dealkylation sites (N-methyl/N-ethyl adjacent to an activating group) is 1. The second-order valence-electron chi connectivity index (χ2n) is 9.07. The maximum Gasteiger partial charge on any atom is 0.295 e. The van der Waals surface area contributed by atoms with Crippen molar-refractivity contribution in [3.63, 3.8) is 0 Å². The molecule has 1 saturated heterocycles. The van der Waals surface area contributed by atoms with E-state index in [0.29, 0.717) is 48.9 Å². The Morgan fingerprint density at radius 3 is 2.27 bits per heavy atom. The highest BCUT2D eigenvalue weighted by Gasteiger charge is 2.46. The Hall–Kier alpha value is -4.10. The van der Waals surface area contributed by atoms with Crippen LogP contribution < -0.4 is 9.47 Å². The summed E-state index contributed by atoms with van der Waals surface area (Å²) in [4.78, 5) is 29.9. The summed E-state index contributed by atoms with van der Waals surface area (Å²) in [6.07, 6.45) is 0. The van der Waals surface area contributed by atoms with E-state index in [4.69, 9.17) is 9.47 Å². The van der Waals surface area contributed by atoms with Crippen LogP contribution >= 0.6 is 0 Å². The van der Waals surface area contributed by atoms with Crippen LogP contribution in [0.3, 0.4) is 0 Å². The summed E-state index contributed by atoms with van der Waals surface area (Å²) in [7, 11) is 3.81. The molecule has 1 aliphatic rings. The number of aliphatic hydroxyl groups excluding tert-OH is 1. The fraction of sp³-hybridized carbons (Fsp3) is 0.267. The first-order chi connectivity index (χ1) is 17.9. The van der Waals surface area contributed by atoms with Crippen LogP contribution in [0.25, 0.3) is 5.76 Å². The van der Waals surface area contributed by atoms with Gasteiger partial charge in [0, 0.05) is 24.2 Å². The van der Waals surface area contributed by atoms with Crippen molar-refractivity contribution in [2.75, 3.05) is 33.8 Å². The minimum Gasteiger partial charge on any atom is -0.507 e. The number of hydrogen-bond donors (Lipinski definition) is 1. The zero-order chi connectivity index (χ0) is 26.4. The van der Waals surface area contributed by atoms with Crippen LogP contribution in [0.1, 0.15) is 29.7 Å². The Kier molecular flexibility index (Phi) is 8.25. The van der Waals surface area contributed by atoms with Crippen LogP contribution in [-0.2, 0) is 16.2 Å². The fourth-order valence-corrected chi connectivity index (χ4v) is 4.34. The molecular formula is C30H32N2O5. The zero-order valence-corrected chi connectivity index (χ0v) is 21.4. The van der Waals surface area contributed by atoms with Crippen molar-refractivity contribution in [1.82, 2.24) is 9.80 Å². The molecule has 1 aliphatic heterocycles. The van der Waals surface area contributed by atoms with Crippen LogP contribution in [-0.4, -0.2) is 60.4 Å². The maximum atomic E-state index is 13.3. The van der Waals surface area contributed by atoms with Crippen molar-refractivity contribution in [2.24, 2.45) is 0 Å². The van der Waals surface area contributed by atoms with Gasteiger partial charge in [0.25, 0.3) is 11.7 Å². The third kappa shape index (κ3) is 5.84. The average molecular weight is 501 g/mol. The molecule has 4 rings (SSSR count). The van der Waals surface area contributed by atoms with Gasteiger partial charge in [-0.1, -0.05) is 48.5 Å². The van der Waals surface area contributed by atoms with Gasteiger partial charge in [0.15, 0.2) is 0 Å². The number of para-hydroxylation sites is 1. The van der Waals surface area contributed by atoms with E-state index in [1.54, 1.807) is 24.3 Å². The van der Waals surface area contributed by atoms with Gasteiger partial charge in [0.2, 0.25) is 0 Å². The first kappa shape index (κ1) is 26.0. The molecule has 1 N–H and O–H groups in total. The van der Waals surface area contributed by atoms with Crippen LogP contribution in [0.4, 0.5) is 0 Å². The zero-order valence-electron chi connectivity index (χ0n) is 21.4. The molecule has 192 valence electrons. The largest absolute Gasteiger partial charge is 0.507 e. The molecule has 3 aromatic carbocycles. The van der Waals surface area contributed by atoms with E-state index in [2.05, 4.69) is 0 Å². The molecule has 1 fully saturated rings. The topological polar surface area (TPSA) is 79.3 Å². The molecule has 7 heteroatoms. The number of likely N-dealkylation sites (tertiary alicyclic amines) is 1. The van der Waals surface area contributed by atoms with E-state index in [9.17, 15) is 14.7 Å². The van der Waals surface area contributed by atoms with Gasteiger partial charge < -0.3 is 24.4 Å². The lowest BCUT2D eigenvalue weighted by atomic mass is 9.94. The molecule has 0 spiro atoms. The van der Waals surface area contributed by atoms with Crippen molar-refractivity contribution in [2.45, 2.75) is 19.6 Å². The smallest absolute Gasteiger partial charge is 0.295 e. The standard InChI is InChI=1S/C30H32N2O5/c1-4-36-25-13-9-8-12-24(25)27-26(29(34)30(35)32(27)19-18-31(2)3)28(33)22-14-16-23(17-15-22)37-20-21-10-6-5-7-11-21/h5-17,27,33H,4,18-20H2,1-3H3/b28-26+. The highest BCUT2D eigenvalue weighted by Crippen LogP contribution is 2.42. The fourth-order valence-electron chi connectivity index (χ4n) is 4.34. The van der Waals surface area contributed by atoms with Crippen molar-refractivity contribution in [1.29, 1.82) is 0 Å². The number of ketones is 1. The van der Waals surface area contributed by atoms with Gasteiger partial charge in [0.1, 0.15) is 23.9 Å². The van der Waals surface area contributed by atoms with Gasteiger partial charge in [-0.15, -0.1) is 0 Å². The number of nitrogens with zero attached hydrogens (tertiary/aromatic N) is 2. The summed E-state index contributed by atoms with van der Waals surface area (Å²) in [6, 6.07) is 23.2. The summed E-state index contributed by atoms with van der Waals surface area (Å²) >= 11 is 0. The van der Waals surface area contributed by atoms with E-state index >= 15 is 0 Å². The molecular weight excluding hydrogens is 468 g/mol. The Labute approximate surface area is 217 Å². The summed E-state index contributed by atoms with van der Waals surface area (Å²) in [5, 5.41) is 11.3. The number of carbonyl (C=O) groups is 2. The number of rotatable bonds is 10. The van der Waals surface area contributed by atoms with Gasteiger partial charge in [-0.25, -0.2) is 0 Å². The second kappa shape index (κ2) is 11.8. The molecule has 3 aromatic rings. The Bertz CT molecular complexity index is 1270. The molecule has 1 unspecified atom stereocenters. The molecule has 0 aliphatic carbocycles. The maximum absolute atomic E-state index is 13.3. The van der Waals surface area contributed by atoms with Gasteiger partial charge in [0.05, 0.1) is 18.2 Å². The minimum absolute atomic E-state index is 0.0499. The summed E-state index contributed by atoms with van der Waals surface area (Å²) < 4.78 is 11.7. The molecule has 7 nitrogen and oxygen atoms in total. The molecule has 37 heavy (non-hydrogen) atoms. The highest BCUT2D eigenvalue weighted by molar-refractivity contribution is 6.46. The Morgan fingerprint density at radius 1 is 0.919 bits per heavy atom. The van der Waals surface area contributed by atoms with E-state index in [1.807, 2.05) is 80.5 Å². The van der Waals surface area contributed by atoms with E-state index in [0.717, 1.165) is 5.56 Å². The summed E-state index contributed by atoms with van der Waals surface area (Å²) in [6.45, 7) is 3.61. The lowest BCUT2D eigenvalue weighted by Crippen LogP contribution is -2.35. The van der Waals surface area contributed by atoms with Crippen LogP contribution in [0.2, 0.25) is 0 Å². The number of Topliss-reactive ketones (excluding diaryl/α,β-unsaturated/α-hetero) is 1. The van der Waals surface area contributed by atoms with Gasteiger partial charge in [-0.3, -0.25) is 9.59 Å². The van der Waals surface area contributed by atoms with Crippen molar-refractivity contribution >= 4 is 17.4 Å². The Morgan fingerprint density at radius 2 is 1.59 bits per heavy atom. The predicted octanol–water partition coefficient (Wildman–Crippen LogP) is 4.65. The van der Waals surface area contributed by atoms with Gasteiger partial charge >= 0.3 is 0 Å². The average Bonchev–Trinajstić information content (AvgIpc) is 3.16. The summed E-state index contributed by atoms with van der Waals surface area (Å²) in [5.41, 5.74) is 2.18. The van der Waals surface area contributed by atoms with Gasteiger partial charge in [-0.05, 0) is 56.9 Å². The van der Waals surface area contributed by atoms with E-state index in [1.165, 1.54) is 4.90 Å². The van der Waals surface area contributed by atoms with Crippen LogP contribution in [0, 0.1) is 0 Å². The third-order valence-corrected chi connectivity index (χ3v) is 6.22. The molecule has 0 saturated carbocycles. The first-order valence-corrected chi connectivity index (χ1v) is 12.3. The van der Waals surface area contributed by atoms with Crippen molar-refractivity contribution < 1.29 is 24.2 Å². The molecule has 1 amide bonds. The molecule has 1 atom stereocenters. The molecule has 0 bridgehead atoms. The van der Waals surface area contributed by atoms with Crippen molar-refractivity contribution in [3.8, 4) is 11.5 Å². The summed E-state index contributed by atoms with van der Waals surface area (Å²) in [5.74, 6) is -0.372. The second-order valence-corrected chi connectivity index (χ2v) is 9.07. The number of benzene rings is 3. The van der Waals surface area contributed by atoms with E-state index < -0.39 is 17.7 Å².